The van der Waals surface area contributed by atoms with E-state index in [4.69, 9.17) is 5.73 Å². The van der Waals surface area contributed by atoms with Crippen molar-refractivity contribution < 1.29 is 4.79 Å². The van der Waals surface area contributed by atoms with E-state index < -0.39 is 0 Å². The maximum atomic E-state index is 10.5. The van der Waals surface area contributed by atoms with Crippen LogP contribution in [-0.2, 0) is 4.79 Å². The number of hydrogen-bond donors (Lipinski definition) is 1. The van der Waals surface area contributed by atoms with Gasteiger partial charge < -0.3 is 10.6 Å². The van der Waals surface area contributed by atoms with Crippen LogP contribution in [0, 0.1) is 5.41 Å². The minimum Gasteiger partial charge on any atom is -0.370 e. The van der Waals surface area contributed by atoms with Crippen molar-refractivity contribution in [3.05, 3.63) is 0 Å². The van der Waals surface area contributed by atoms with Crippen LogP contribution in [0.3, 0.4) is 0 Å². The Morgan fingerprint density at radius 1 is 1.42 bits per heavy atom. The number of hydrogen-bond acceptors (Lipinski definition) is 2. The molecule has 0 bridgehead atoms. The van der Waals surface area contributed by atoms with Crippen LogP contribution in [0.25, 0.3) is 0 Å². The van der Waals surface area contributed by atoms with Crippen LogP contribution in [0.4, 0.5) is 0 Å². The Morgan fingerprint density at radius 3 is 2.50 bits per heavy atom. The molecule has 2 N–H and O–H groups in total. The first-order valence-electron chi connectivity index (χ1n) is 4.71. The Bertz CT molecular complexity index is 191. The third-order valence-corrected chi connectivity index (χ3v) is 3.21. The lowest BCUT2D eigenvalue weighted by atomic mass is 9.63. The van der Waals surface area contributed by atoms with Crippen molar-refractivity contribution in [3.63, 3.8) is 0 Å². The number of primary amides is 1. The maximum absolute atomic E-state index is 10.5. The topological polar surface area (TPSA) is 46.3 Å². The largest absolute Gasteiger partial charge is 0.370 e. The van der Waals surface area contributed by atoms with Crippen LogP contribution in [0.2, 0.25) is 0 Å². The van der Waals surface area contributed by atoms with E-state index in [1.54, 1.807) is 0 Å². The molecule has 12 heavy (non-hydrogen) atoms. The molecule has 1 heterocycles. The van der Waals surface area contributed by atoms with Gasteiger partial charge >= 0.3 is 0 Å². The summed E-state index contributed by atoms with van der Waals surface area (Å²) in [5.74, 6) is -0.176. The van der Waals surface area contributed by atoms with Gasteiger partial charge in [0.2, 0.25) is 5.91 Å². The van der Waals surface area contributed by atoms with Crippen LogP contribution in [0.15, 0.2) is 0 Å². The van der Waals surface area contributed by atoms with Crippen molar-refractivity contribution in [1.29, 1.82) is 0 Å². The van der Waals surface area contributed by atoms with Gasteiger partial charge in [-0.25, -0.2) is 0 Å². The molecule has 0 aromatic heterocycles. The molecular weight excluding hydrogens is 152 g/mol. The fraction of sp³-hybridized carbons (Fsp3) is 0.889. The fourth-order valence-corrected chi connectivity index (χ4v) is 2.32. The number of nitrogens with zero attached hydrogens (tertiary/aromatic N) is 1. The highest BCUT2D eigenvalue weighted by molar-refractivity contribution is 5.73. The average Bonchev–Trinajstić information content (AvgIpc) is 1.79. The zero-order valence-corrected chi connectivity index (χ0v) is 7.38. The van der Waals surface area contributed by atoms with E-state index in [1.165, 1.54) is 32.4 Å². The second-order valence-corrected chi connectivity index (χ2v) is 4.28. The number of carbonyl (C=O) groups excluding carboxylic acids is 1. The van der Waals surface area contributed by atoms with Gasteiger partial charge in [0.15, 0.2) is 0 Å². The van der Waals surface area contributed by atoms with E-state index >= 15 is 0 Å². The second kappa shape index (κ2) is 2.73. The van der Waals surface area contributed by atoms with Gasteiger partial charge in [-0.2, -0.15) is 0 Å². The molecule has 2 fully saturated rings. The van der Waals surface area contributed by atoms with Gasteiger partial charge in [0.1, 0.15) is 0 Å². The molecule has 0 unspecified atom stereocenters. The monoisotopic (exact) mass is 168 g/mol. The highest BCUT2D eigenvalue weighted by Crippen LogP contribution is 2.47. The highest BCUT2D eigenvalue weighted by atomic mass is 16.1. The Morgan fingerprint density at radius 2 is 2.08 bits per heavy atom. The van der Waals surface area contributed by atoms with Crippen molar-refractivity contribution in [3.8, 4) is 0 Å². The minimum absolute atomic E-state index is 0.176. The lowest BCUT2D eigenvalue weighted by Gasteiger charge is -2.56. The minimum atomic E-state index is -0.176. The first-order chi connectivity index (χ1) is 5.70. The van der Waals surface area contributed by atoms with Gasteiger partial charge in [0, 0.05) is 26.1 Å². The average molecular weight is 168 g/mol. The summed E-state index contributed by atoms with van der Waals surface area (Å²) in [6.45, 7) is 3.29. The van der Waals surface area contributed by atoms with Crippen molar-refractivity contribution in [2.45, 2.75) is 25.7 Å². The molecule has 68 valence electrons. The van der Waals surface area contributed by atoms with E-state index in [2.05, 4.69) is 4.90 Å². The first kappa shape index (κ1) is 8.05. The quantitative estimate of drug-likeness (QED) is 0.661. The molecule has 0 aromatic carbocycles. The molecule has 1 saturated heterocycles. The van der Waals surface area contributed by atoms with Gasteiger partial charge in [-0.05, 0) is 18.3 Å². The smallest absolute Gasteiger partial charge is 0.218 e. The van der Waals surface area contributed by atoms with E-state index in [9.17, 15) is 4.79 Å². The van der Waals surface area contributed by atoms with Crippen molar-refractivity contribution in [2.75, 3.05) is 19.6 Å². The molecule has 1 amide bonds. The van der Waals surface area contributed by atoms with E-state index in [1.807, 2.05) is 0 Å². The zero-order valence-electron chi connectivity index (χ0n) is 7.38. The molecule has 1 aliphatic heterocycles. The molecule has 0 radical (unpaired) electrons. The predicted molar refractivity (Wildman–Crippen MR) is 46.5 cm³/mol. The Kier molecular flexibility index (Phi) is 1.83. The summed E-state index contributed by atoms with van der Waals surface area (Å²) in [5.41, 5.74) is 5.75. The van der Waals surface area contributed by atoms with Crippen molar-refractivity contribution in [1.82, 2.24) is 4.90 Å². The van der Waals surface area contributed by atoms with Crippen LogP contribution >= 0.6 is 0 Å². The SMILES string of the molecule is NC(=O)CCN1CC2(CCC2)C1. The summed E-state index contributed by atoms with van der Waals surface area (Å²) in [6, 6.07) is 0. The van der Waals surface area contributed by atoms with E-state index in [0.717, 1.165) is 6.54 Å². The Balaban J connectivity index is 1.64. The number of rotatable bonds is 3. The van der Waals surface area contributed by atoms with Gasteiger partial charge in [0.05, 0.1) is 0 Å². The maximum Gasteiger partial charge on any atom is 0.218 e. The summed E-state index contributed by atoms with van der Waals surface area (Å²) in [5, 5.41) is 0. The van der Waals surface area contributed by atoms with Gasteiger partial charge in [-0.3, -0.25) is 4.79 Å². The standard InChI is InChI=1S/C9H16N2O/c10-8(12)2-5-11-6-9(7-11)3-1-4-9/h1-7H2,(H2,10,12). The molecule has 1 spiro atoms. The molecule has 2 rings (SSSR count). The van der Waals surface area contributed by atoms with Crippen molar-refractivity contribution in [2.24, 2.45) is 11.1 Å². The normalized spacial score (nSPS) is 26.3. The van der Waals surface area contributed by atoms with Gasteiger partial charge in [-0.15, -0.1) is 0 Å². The molecular formula is C9H16N2O. The Hall–Kier alpha value is -0.570. The number of likely N-dealkylation sites (tertiary alicyclic amines) is 1. The number of carbonyl (C=O) groups is 1. The molecule has 3 heteroatoms. The Labute approximate surface area is 72.9 Å². The lowest BCUT2D eigenvalue weighted by molar-refractivity contribution is -0.120. The van der Waals surface area contributed by atoms with Crippen LogP contribution in [-0.4, -0.2) is 30.4 Å². The summed E-state index contributed by atoms with van der Waals surface area (Å²) in [7, 11) is 0. The summed E-state index contributed by atoms with van der Waals surface area (Å²) in [6.07, 6.45) is 4.74. The summed E-state index contributed by atoms with van der Waals surface area (Å²) < 4.78 is 0. The predicted octanol–water partition coefficient (Wildman–Crippen LogP) is 0.348. The first-order valence-corrected chi connectivity index (χ1v) is 4.71. The van der Waals surface area contributed by atoms with Gasteiger partial charge in [0.25, 0.3) is 0 Å². The number of nitrogens with two attached hydrogens (primary N) is 1. The van der Waals surface area contributed by atoms with Crippen molar-refractivity contribution >= 4 is 5.91 Å². The lowest BCUT2D eigenvalue weighted by Crippen LogP contribution is -2.59. The van der Waals surface area contributed by atoms with E-state index in [0.29, 0.717) is 11.8 Å². The molecule has 1 saturated carbocycles. The summed E-state index contributed by atoms with van der Waals surface area (Å²) in [4.78, 5) is 12.8. The third kappa shape index (κ3) is 1.33. The fourth-order valence-electron chi connectivity index (χ4n) is 2.32. The molecule has 0 aromatic rings. The molecule has 1 aliphatic carbocycles. The van der Waals surface area contributed by atoms with Crippen LogP contribution in [0.1, 0.15) is 25.7 Å². The third-order valence-electron chi connectivity index (χ3n) is 3.21. The summed E-state index contributed by atoms with van der Waals surface area (Å²) >= 11 is 0. The zero-order chi connectivity index (χ0) is 8.60. The second-order valence-electron chi connectivity index (χ2n) is 4.28. The van der Waals surface area contributed by atoms with E-state index in [-0.39, 0.29) is 5.91 Å². The highest BCUT2D eigenvalue weighted by Gasteiger charge is 2.46. The van der Waals surface area contributed by atoms with Gasteiger partial charge in [-0.1, -0.05) is 6.42 Å². The van der Waals surface area contributed by atoms with Crippen LogP contribution in [0.5, 0.6) is 0 Å². The molecule has 2 aliphatic rings. The van der Waals surface area contributed by atoms with Crippen LogP contribution < -0.4 is 5.73 Å². The molecule has 3 nitrogen and oxygen atoms in total. The number of amides is 1. The molecule has 0 atom stereocenters.